The highest BCUT2D eigenvalue weighted by Crippen LogP contribution is 2.15. The second-order valence-corrected chi connectivity index (χ2v) is 1.85. The van der Waals surface area contributed by atoms with Crippen LogP contribution in [0.1, 0.15) is 10.4 Å². The molecule has 3 nitrogen and oxygen atoms in total. The van der Waals surface area contributed by atoms with Crippen molar-refractivity contribution in [1.82, 2.24) is 0 Å². The summed E-state index contributed by atoms with van der Waals surface area (Å²) < 4.78 is 4.49. The maximum Gasteiger partial charge on any atom is 0.340 e. The SMILES string of the molecule is O=C(O)c1cocc1Cl. The van der Waals surface area contributed by atoms with Gasteiger partial charge in [-0.2, -0.15) is 0 Å². The van der Waals surface area contributed by atoms with Gasteiger partial charge >= 0.3 is 5.97 Å². The Balaban J connectivity index is 3.08. The van der Waals surface area contributed by atoms with Crippen LogP contribution in [0.15, 0.2) is 16.9 Å². The molecule has 0 aromatic carbocycles. The molecule has 9 heavy (non-hydrogen) atoms. The minimum absolute atomic E-state index is 0.00309. The van der Waals surface area contributed by atoms with E-state index in [-0.39, 0.29) is 10.6 Å². The van der Waals surface area contributed by atoms with E-state index in [1.807, 2.05) is 0 Å². The van der Waals surface area contributed by atoms with Crippen LogP contribution in [0.3, 0.4) is 0 Å². The maximum absolute atomic E-state index is 10.1. The van der Waals surface area contributed by atoms with Gasteiger partial charge in [-0.25, -0.2) is 4.79 Å². The molecule has 0 bridgehead atoms. The van der Waals surface area contributed by atoms with Crippen molar-refractivity contribution in [3.05, 3.63) is 23.1 Å². The van der Waals surface area contributed by atoms with E-state index in [4.69, 9.17) is 16.7 Å². The number of furan rings is 1. The predicted molar refractivity (Wildman–Crippen MR) is 30.7 cm³/mol. The summed E-state index contributed by atoms with van der Waals surface area (Å²) in [6.45, 7) is 0. The Kier molecular flexibility index (Phi) is 1.44. The van der Waals surface area contributed by atoms with E-state index in [1.54, 1.807) is 0 Å². The second kappa shape index (κ2) is 2.11. The summed E-state index contributed by atoms with van der Waals surface area (Å²) in [4.78, 5) is 10.1. The Labute approximate surface area is 55.8 Å². The largest absolute Gasteiger partial charge is 0.478 e. The first kappa shape index (κ1) is 6.16. The molecular formula is C5H3ClO3. The van der Waals surface area contributed by atoms with Crippen LogP contribution in [0.2, 0.25) is 5.02 Å². The number of carboxylic acid groups (broad SMARTS) is 1. The van der Waals surface area contributed by atoms with Gasteiger partial charge in [0.05, 0.1) is 5.02 Å². The number of carbonyl (C=O) groups is 1. The van der Waals surface area contributed by atoms with E-state index >= 15 is 0 Å². The second-order valence-electron chi connectivity index (χ2n) is 1.44. The fourth-order valence-electron chi connectivity index (χ4n) is 0.434. The lowest BCUT2D eigenvalue weighted by atomic mass is 10.3. The maximum atomic E-state index is 10.1. The van der Waals surface area contributed by atoms with E-state index in [1.165, 1.54) is 6.26 Å². The van der Waals surface area contributed by atoms with Crippen LogP contribution in [0.4, 0.5) is 0 Å². The Bertz CT molecular complexity index is 228. The normalized spacial score (nSPS) is 9.44. The number of hydrogen-bond acceptors (Lipinski definition) is 2. The number of hydrogen-bond donors (Lipinski definition) is 1. The zero-order chi connectivity index (χ0) is 6.85. The Hall–Kier alpha value is -0.960. The molecule has 0 unspecified atom stereocenters. The van der Waals surface area contributed by atoms with Gasteiger partial charge in [-0.05, 0) is 0 Å². The van der Waals surface area contributed by atoms with Crippen LogP contribution in [0.25, 0.3) is 0 Å². The molecule has 0 saturated carbocycles. The Morgan fingerprint density at radius 2 is 2.33 bits per heavy atom. The topological polar surface area (TPSA) is 50.4 Å². The van der Waals surface area contributed by atoms with E-state index in [0.29, 0.717) is 0 Å². The lowest BCUT2D eigenvalue weighted by Gasteiger charge is -1.82. The summed E-state index contributed by atoms with van der Waals surface area (Å²) in [6, 6.07) is 0. The molecule has 48 valence electrons. The van der Waals surface area contributed by atoms with Gasteiger partial charge in [-0.3, -0.25) is 0 Å². The van der Waals surface area contributed by atoms with Crippen LogP contribution in [0, 0.1) is 0 Å². The smallest absolute Gasteiger partial charge is 0.340 e. The van der Waals surface area contributed by atoms with Crippen LogP contribution >= 0.6 is 11.6 Å². The van der Waals surface area contributed by atoms with Crippen LogP contribution < -0.4 is 0 Å². The molecule has 1 aromatic heterocycles. The summed E-state index contributed by atoms with van der Waals surface area (Å²) in [5.74, 6) is -1.08. The van der Waals surface area contributed by atoms with Gasteiger partial charge in [-0.15, -0.1) is 0 Å². The van der Waals surface area contributed by atoms with Crippen molar-refractivity contribution in [1.29, 1.82) is 0 Å². The molecule has 0 atom stereocenters. The molecule has 0 aliphatic carbocycles. The van der Waals surface area contributed by atoms with Crippen molar-refractivity contribution in [2.75, 3.05) is 0 Å². The van der Waals surface area contributed by atoms with Crippen molar-refractivity contribution in [2.45, 2.75) is 0 Å². The van der Waals surface area contributed by atoms with Gasteiger partial charge in [0.25, 0.3) is 0 Å². The number of carboxylic acids is 1. The molecule has 1 heterocycles. The third kappa shape index (κ3) is 1.05. The van der Waals surface area contributed by atoms with Crippen molar-refractivity contribution in [3.8, 4) is 0 Å². The molecular weight excluding hydrogens is 144 g/mol. The molecule has 0 aliphatic rings. The van der Waals surface area contributed by atoms with Crippen LogP contribution in [-0.4, -0.2) is 11.1 Å². The molecule has 1 rings (SSSR count). The minimum atomic E-state index is -1.08. The molecule has 0 saturated heterocycles. The summed E-state index contributed by atoms with van der Waals surface area (Å²) in [5.41, 5.74) is -0.00309. The first-order chi connectivity index (χ1) is 4.22. The standard InChI is InChI=1S/C5H3ClO3/c6-4-2-9-1-3(4)5(7)8/h1-2H,(H,7,8). The molecule has 0 spiro atoms. The third-order valence-corrected chi connectivity index (χ3v) is 1.14. The number of aromatic carboxylic acids is 1. The van der Waals surface area contributed by atoms with Gasteiger partial charge in [0, 0.05) is 0 Å². The monoisotopic (exact) mass is 146 g/mol. The molecule has 4 heteroatoms. The molecule has 0 amide bonds. The Morgan fingerprint density at radius 3 is 2.56 bits per heavy atom. The average molecular weight is 147 g/mol. The molecule has 1 aromatic rings. The molecule has 1 N–H and O–H groups in total. The van der Waals surface area contributed by atoms with Gasteiger partial charge in [0.1, 0.15) is 18.1 Å². The lowest BCUT2D eigenvalue weighted by molar-refractivity contribution is 0.0696. The highest BCUT2D eigenvalue weighted by Gasteiger charge is 2.08. The zero-order valence-corrected chi connectivity index (χ0v) is 5.05. The third-order valence-electron chi connectivity index (χ3n) is 0.845. The van der Waals surface area contributed by atoms with E-state index in [9.17, 15) is 4.79 Å². The highest BCUT2D eigenvalue weighted by molar-refractivity contribution is 6.33. The molecule has 0 radical (unpaired) electrons. The predicted octanol–water partition coefficient (Wildman–Crippen LogP) is 1.63. The first-order valence-corrected chi connectivity index (χ1v) is 2.54. The fraction of sp³-hybridized carbons (Fsp3) is 0. The van der Waals surface area contributed by atoms with E-state index in [0.717, 1.165) is 6.26 Å². The van der Waals surface area contributed by atoms with Crippen molar-refractivity contribution < 1.29 is 14.3 Å². The van der Waals surface area contributed by atoms with Crippen molar-refractivity contribution in [2.24, 2.45) is 0 Å². The van der Waals surface area contributed by atoms with E-state index in [2.05, 4.69) is 4.42 Å². The van der Waals surface area contributed by atoms with Gasteiger partial charge in [0.15, 0.2) is 0 Å². The fourth-order valence-corrected chi connectivity index (χ4v) is 0.611. The highest BCUT2D eigenvalue weighted by atomic mass is 35.5. The molecule has 0 fully saturated rings. The number of rotatable bonds is 1. The van der Waals surface area contributed by atoms with Gasteiger partial charge < -0.3 is 9.52 Å². The van der Waals surface area contributed by atoms with Crippen molar-refractivity contribution >= 4 is 17.6 Å². The quantitative estimate of drug-likeness (QED) is 0.655. The average Bonchev–Trinajstić information content (AvgIpc) is 2.13. The Morgan fingerprint density at radius 1 is 1.67 bits per heavy atom. The molecule has 0 aliphatic heterocycles. The van der Waals surface area contributed by atoms with Crippen LogP contribution in [-0.2, 0) is 0 Å². The van der Waals surface area contributed by atoms with Gasteiger partial charge in [0.2, 0.25) is 0 Å². The van der Waals surface area contributed by atoms with Crippen LogP contribution in [0.5, 0.6) is 0 Å². The zero-order valence-electron chi connectivity index (χ0n) is 4.30. The van der Waals surface area contributed by atoms with Gasteiger partial charge in [-0.1, -0.05) is 11.6 Å². The minimum Gasteiger partial charge on any atom is -0.478 e. The van der Waals surface area contributed by atoms with E-state index < -0.39 is 5.97 Å². The summed E-state index contributed by atoms with van der Waals surface area (Å²) >= 11 is 5.36. The summed E-state index contributed by atoms with van der Waals surface area (Å²) in [7, 11) is 0. The summed E-state index contributed by atoms with van der Waals surface area (Å²) in [6.07, 6.45) is 2.26. The van der Waals surface area contributed by atoms with Crippen molar-refractivity contribution in [3.63, 3.8) is 0 Å². The lowest BCUT2D eigenvalue weighted by Crippen LogP contribution is -1.92. The number of halogens is 1. The summed E-state index contributed by atoms with van der Waals surface area (Å²) in [5, 5.41) is 8.44. The first-order valence-electron chi connectivity index (χ1n) is 2.17.